The van der Waals surface area contributed by atoms with Crippen molar-refractivity contribution in [2.45, 2.75) is 6.92 Å². The Bertz CT molecular complexity index is 1650. The van der Waals surface area contributed by atoms with Gasteiger partial charge in [0.05, 0.1) is 37.5 Å². The minimum atomic E-state index is -0.347. The average Bonchev–Trinajstić information content (AvgIpc) is 2.95. The molecule has 5 heteroatoms. The molecule has 0 spiro atoms. The van der Waals surface area contributed by atoms with Crippen molar-refractivity contribution in [1.29, 1.82) is 0 Å². The van der Waals surface area contributed by atoms with Gasteiger partial charge in [-0.2, -0.15) is 0 Å². The Kier molecular flexibility index (Phi) is 6.60. The molecule has 0 radical (unpaired) electrons. The summed E-state index contributed by atoms with van der Waals surface area (Å²) in [6, 6.07) is 27.7. The molecule has 0 aliphatic rings. The Hall–Kier alpha value is -4.64. The van der Waals surface area contributed by atoms with Crippen molar-refractivity contribution in [2.75, 3.05) is 20.8 Å². The van der Waals surface area contributed by atoms with Crippen LogP contribution in [0.3, 0.4) is 0 Å². The topological polar surface area (TPSA) is 61.8 Å². The molecule has 0 bridgehead atoms. The lowest BCUT2D eigenvalue weighted by molar-refractivity contribution is 0.0998. The average molecular weight is 491 g/mol. The van der Waals surface area contributed by atoms with E-state index in [9.17, 15) is 9.59 Å². The molecule has 0 fully saturated rings. The third-order valence-electron chi connectivity index (χ3n) is 6.47. The molecule has 0 heterocycles. The summed E-state index contributed by atoms with van der Waals surface area (Å²) in [6.07, 6.45) is 0. The molecule has 0 aliphatic heterocycles. The fourth-order valence-corrected chi connectivity index (χ4v) is 4.80. The molecular weight excluding hydrogens is 464 g/mol. The predicted octanol–water partition coefficient (Wildman–Crippen LogP) is 6.87. The molecule has 0 amide bonds. The van der Waals surface area contributed by atoms with Crippen molar-refractivity contribution in [1.82, 2.24) is 0 Å². The maximum atomic E-state index is 14.4. The number of methoxy groups -OCH3 is 2. The fraction of sp³-hybridized carbons (Fsp3) is 0.125. The molecule has 5 nitrogen and oxygen atoms in total. The summed E-state index contributed by atoms with van der Waals surface area (Å²) >= 11 is 0. The summed E-state index contributed by atoms with van der Waals surface area (Å²) in [4.78, 5) is 28.6. The van der Waals surface area contributed by atoms with Gasteiger partial charge in [0.25, 0.3) is 0 Å². The Labute approximate surface area is 215 Å². The van der Waals surface area contributed by atoms with Crippen LogP contribution in [0, 0.1) is 0 Å². The standard InChI is InChI=1S/C32H26O5/c1-4-37-27-15-9-14-24(31(33)28-22-12-7-5-10-20(22)16-18-25(28)35-2)30(27)32(34)29-23-13-8-6-11-21(23)17-19-26(29)36-3/h5-19H,4H2,1-3H3. The smallest absolute Gasteiger partial charge is 0.201 e. The highest BCUT2D eigenvalue weighted by molar-refractivity contribution is 6.27. The zero-order valence-corrected chi connectivity index (χ0v) is 20.9. The van der Waals surface area contributed by atoms with Crippen LogP contribution in [0.2, 0.25) is 0 Å². The second kappa shape index (κ2) is 10.2. The Morgan fingerprint density at radius 3 is 1.65 bits per heavy atom. The molecule has 5 aromatic carbocycles. The lowest BCUT2D eigenvalue weighted by Gasteiger charge is -2.18. The van der Waals surface area contributed by atoms with Crippen LogP contribution in [0.1, 0.15) is 38.8 Å². The van der Waals surface area contributed by atoms with Gasteiger partial charge < -0.3 is 14.2 Å². The number of rotatable bonds is 8. The zero-order valence-electron chi connectivity index (χ0n) is 20.9. The minimum absolute atomic E-state index is 0.194. The van der Waals surface area contributed by atoms with Crippen LogP contribution in [0.15, 0.2) is 91.0 Å². The first kappa shape index (κ1) is 24.1. The highest BCUT2D eigenvalue weighted by Gasteiger charge is 2.29. The molecule has 0 saturated heterocycles. The predicted molar refractivity (Wildman–Crippen MR) is 145 cm³/mol. The molecule has 0 aromatic heterocycles. The number of ether oxygens (including phenoxy) is 3. The number of carbonyl (C=O) groups is 2. The van der Waals surface area contributed by atoms with Crippen molar-refractivity contribution in [3.63, 3.8) is 0 Å². The molecule has 37 heavy (non-hydrogen) atoms. The van der Waals surface area contributed by atoms with Crippen LogP contribution in [-0.4, -0.2) is 32.4 Å². The van der Waals surface area contributed by atoms with Gasteiger partial charge in [-0.3, -0.25) is 9.59 Å². The van der Waals surface area contributed by atoms with Crippen LogP contribution in [0.25, 0.3) is 21.5 Å². The van der Waals surface area contributed by atoms with Crippen LogP contribution < -0.4 is 14.2 Å². The zero-order chi connectivity index (χ0) is 25.9. The molecular formula is C32H26O5. The van der Waals surface area contributed by atoms with E-state index in [1.54, 1.807) is 30.3 Å². The number of hydrogen-bond donors (Lipinski definition) is 0. The van der Waals surface area contributed by atoms with Gasteiger partial charge in [-0.05, 0) is 46.7 Å². The van der Waals surface area contributed by atoms with Crippen LogP contribution in [-0.2, 0) is 0 Å². The Balaban J connectivity index is 1.79. The molecule has 0 saturated carbocycles. The minimum Gasteiger partial charge on any atom is -0.496 e. The monoisotopic (exact) mass is 490 g/mol. The maximum absolute atomic E-state index is 14.4. The SMILES string of the molecule is CCOc1cccc(C(=O)c2c(OC)ccc3ccccc23)c1C(=O)c1c(OC)ccc2ccccc12. The van der Waals surface area contributed by atoms with Gasteiger partial charge in [0.1, 0.15) is 17.2 Å². The van der Waals surface area contributed by atoms with E-state index < -0.39 is 0 Å². The van der Waals surface area contributed by atoms with Crippen molar-refractivity contribution in [2.24, 2.45) is 0 Å². The second-order valence-electron chi connectivity index (χ2n) is 8.50. The number of carbonyl (C=O) groups excluding carboxylic acids is 2. The van der Waals surface area contributed by atoms with Crippen molar-refractivity contribution < 1.29 is 23.8 Å². The second-order valence-corrected chi connectivity index (χ2v) is 8.50. The van der Waals surface area contributed by atoms with E-state index in [2.05, 4.69) is 0 Å². The number of hydrogen-bond acceptors (Lipinski definition) is 5. The number of ketones is 2. The van der Waals surface area contributed by atoms with E-state index in [0.717, 1.165) is 21.5 Å². The molecule has 0 atom stereocenters. The van der Waals surface area contributed by atoms with Crippen molar-refractivity contribution in [3.05, 3.63) is 113 Å². The van der Waals surface area contributed by atoms with Gasteiger partial charge in [-0.15, -0.1) is 0 Å². The largest absolute Gasteiger partial charge is 0.496 e. The van der Waals surface area contributed by atoms with Gasteiger partial charge in [0.2, 0.25) is 5.78 Å². The number of fused-ring (bicyclic) bond motifs is 2. The van der Waals surface area contributed by atoms with Crippen molar-refractivity contribution in [3.8, 4) is 17.2 Å². The van der Waals surface area contributed by atoms with Crippen LogP contribution >= 0.6 is 0 Å². The van der Waals surface area contributed by atoms with Crippen LogP contribution in [0.4, 0.5) is 0 Å². The molecule has 5 rings (SSSR count). The first-order valence-electron chi connectivity index (χ1n) is 12.1. The summed E-state index contributed by atoms with van der Waals surface area (Å²) in [5.41, 5.74) is 1.21. The molecule has 184 valence electrons. The first-order valence-corrected chi connectivity index (χ1v) is 12.1. The summed E-state index contributed by atoms with van der Waals surface area (Å²) in [6.45, 7) is 2.18. The molecule has 0 aliphatic carbocycles. The Morgan fingerprint density at radius 1 is 0.568 bits per heavy atom. The van der Waals surface area contributed by atoms with Gasteiger partial charge >= 0.3 is 0 Å². The van der Waals surface area contributed by atoms with E-state index in [4.69, 9.17) is 14.2 Å². The molecule has 5 aromatic rings. The normalized spacial score (nSPS) is 10.9. The highest BCUT2D eigenvalue weighted by Crippen LogP contribution is 2.37. The quantitative estimate of drug-likeness (QED) is 0.222. The molecule has 0 unspecified atom stereocenters. The van der Waals surface area contributed by atoms with E-state index in [1.807, 2.05) is 67.6 Å². The Morgan fingerprint density at radius 2 is 1.11 bits per heavy atom. The molecule has 0 N–H and O–H groups in total. The van der Waals surface area contributed by atoms with Gasteiger partial charge in [0, 0.05) is 5.56 Å². The van der Waals surface area contributed by atoms with E-state index in [1.165, 1.54) is 14.2 Å². The maximum Gasteiger partial charge on any atom is 0.201 e. The van der Waals surface area contributed by atoms with Gasteiger partial charge in [-0.25, -0.2) is 0 Å². The van der Waals surface area contributed by atoms with E-state index >= 15 is 0 Å². The van der Waals surface area contributed by atoms with E-state index in [0.29, 0.717) is 35.0 Å². The van der Waals surface area contributed by atoms with Crippen molar-refractivity contribution >= 4 is 33.1 Å². The lowest BCUT2D eigenvalue weighted by Crippen LogP contribution is -2.15. The number of benzene rings is 5. The third kappa shape index (κ3) is 4.19. The first-order chi connectivity index (χ1) is 18.1. The van der Waals surface area contributed by atoms with Gasteiger partial charge in [0.15, 0.2) is 5.78 Å². The summed E-state index contributed by atoms with van der Waals surface area (Å²) in [7, 11) is 3.06. The summed E-state index contributed by atoms with van der Waals surface area (Å²) in [5.74, 6) is 0.536. The fourth-order valence-electron chi connectivity index (χ4n) is 4.80. The van der Waals surface area contributed by atoms with E-state index in [-0.39, 0.29) is 22.7 Å². The van der Waals surface area contributed by atoms with Gasteiger partial charge in [-0.1, -0.05) is 72.8 Å². The lowest BCUT2D eigenvalue weighted by atomic mass is 9.88. The third-order valence-corrected chi connectivity index (χ3v) is 6.47. The highest BCUT2D eigenvalue weighted by atomic mass is 16.5. The summed E-state index contributed by atoms with van der Waals surface area (Å²) in [5, 5.41) is 3.27. The summed E-state index contributed by atoms with van der Waals surface area (Å²) < 4.78 is 17.1. The van der Waals surface area contributed by atoms with Crippen LogP contribution in [0.5, 0.6) is 17.2 Å².